The molecule has 0 N–H and O–H groups in total. The number of fused-ring (bicyclic) bond motifs is 1. The Labute approximate surface area is 165 Å². The van der Waals surface area contributed by atoms with Crippen molar-refractivity contribution in [3.63, 3.8) is 0 Å². The van der Waals surface area contributed by atoms with Crippen molar-refractivity contribution >= 4 is 11.6 Å². The minimum absolute atomic E-state index is 0.519. The standard InChI is InChI=1S/C20H16ClF3N4/c21-16-4-2-14(3-5-16)19-26-10-15-7-8-28(12-17(15)27-19)11-13-1-6-18(25-9-13)20(22,23)24/h1-6,9-10H,7-8,11-12H2. The minimum Gasteiger partial charge on any atom is -0.293 e. The third kappa shape index (κ3) is 4.15. The van der Waals surface area contributed by atoms with Gasteiger partial charge in [0.2, 0.25) is 0 Å². The van der Waals surface area contributed by atoms with E-state index < -0.39 is 11.9 Å². The van der Waals surface area contributed by atoms with Crippen molar-refractivity contribution in [2.24, 2.45) is 0 Å². The van der Waals surface area contributed by atoms with Crippen LogP contribution in [0.15, 0.2) is 48.8 Å². The van der Waals surface area contributed by atoms with Crippen molar-refractivity contribution in [3.8, 4) is 11.4 Å². The molecule has 1 aliphatic rings. The Bertz CT molecular complexity index is 972. The van der Waals surface area contributed by atoms with Crippen molar-refractivity contribution in [2.45, 2.75) is 25.7 Å². The second kappa shape index (κ2) is 7.48. The lowest BCUT2D eigenvalue weighted by molar-refractivity contribution is -0.141. The van der Waals surface area contributed by atoms with Crippen LogP contribution in [0.5, 0.6) is 0 Å². The first kappa shape index (κ1) is 18.8. The molecule has 0 radical (unpaired) electrons. The molecule has 0 amide bonds. The average Bonchev–Trinajstić information content (AvgIpc) is 2.68. The second-order valence-corrected chi connectivity index (χ2v) is 7.12. The van der Waals surface area contributed by atoms with E-state index >= 15 is 0 Å². The Morgan fingerprint density at radius 3 is 2.46 bits per heavy atom. The lowest BCUT2D eigenvalue weighted by Gasteiger charge is -2.28. The molecule has 0 saturated heterocycles. The molecular weight excluding hydrogens is 389 g/mol. The van der Waals surface area contributed by atoms with Crippen LogP contribution in [0, 0.1) is 0 Å². The molecule has 8 heteroatoms. The molecule has 1 aromatic carbocycles. The van der Waals surface area contributed by atoms with Crippen LogP contribution in [-0.2, 0) is 25.7 Å². The number of benzene rings is 1. The first-order chi connectivity index (χ1) is 13.4. The van der Waals surface area contributed by atoms with Gasteiger partial charge in [0.15, 0.2) is 5.82 Å². The Kier molecular flexibility index (Phi) is 5.03. The lowest BCUT2D eigenvalue weighted by atomic mass is 10.1. The molecule has 0 bridgehead atoms. The van der Waals surface area contributed by atoms with E-state index in [1.165, 1.54) is 12.3 Å². The van der Waals surface area contributed by atoms with Gasteiger partial charge in [-0.05, 0) is 47.9 Å². The molecule has 0 fully saturated rings. The molecule has 0 spiro atoms. The third-order valence-electron chi connectivity index (χ3n) is 4.65. The monoisotopic (exact) mass is 404 g/mol. The smallest absolute Gasteiger partial charge is 0.293 e. The van der Waals surface area contributed by atoms with Gasteiger partial charge in [-0.25, -0.2) is 9.97 Å². The van der Waals surface area contributed by atoms with Crippen LogP contribution >= 0.6 is 11.6 Å². The van der Waals surface area contributed by atoms with Gasteiger partial charge < -0.3 is 0 Å². The van der Waals surface area contributed by atoms with E-state index in [-0.39, 0.29) is 0 Å². The molecule has 0 atom stereocenters. The van der Waals surface area contributed by atoms with E-state index in [4.69, 9.17) is 16.6 Å². The summed E-state index contributed by atoms with van der Waals surface area (Å²) < 4.78 is 37.9. The first-order valence-corrected chi connectivity index (χ1v) is 9.11. The van der Waals surface area contributed by atoms with E-state index in [1.807, 2.05) is 18.3 Å². The van der Waals surface area contributed by atoms with Crippen LogP contribution in [-0.4, -0.2) is 26.4 Å². The van der Waals surface area contributed by atoms with Crippen LogP contribution in [0.2, 0.25) is 5.02 Å². The zero-order valence-corrected chi connectivity index (χ0v) is 15.5. The van der Waals surface area contributed by atoms with Gasteiger partial charge in [0.25, 0.3) is 0 Å². The summed E-state index contributed by atoms with van der Waals surface area (Å²) in [7, 11) is 0. The summed E-state index contributed by atoms with van der Waals surface area (Å²) in [6, 6.07) is 9.84. The fourth-order valence-corrected chi connectivity index (χ4v) is 3.30. The maximum Gasteiger partial charge on any atom is 0.433 e. The summed E-state index contributed by atoms with van der Waals surface area (Å²) >= 11 is 5.93. The van der Waals surface area contributed by atoms with Gasteiger partial charge in [-0.1, -0.05) is 17.7 Å². The van der Waals surface area contributed by atoms with Gasteiger partial charge in [0.1, 0.15) is 5.69 Å². The highest BCUT2D eigenvalue weighted by atomic mass is 35.5. The molecule has 4 nitrogen and oxygen atoms in total. The molecule has 4 rings (SSSR count). The highest BCUT2D eigenvalue weighted by molar-refractivity contribution is 6.30. The second-order valence-electron chi connectivity index (χ2n) is 6.68. The number of hydrogen-bond acceptors (Lipinski definition) is 4. The quantitative estimate of drug-likeness (QED) is 0.630. The molecule has 144 valence electrons. The highest BCUT2D eigenvalue weighted by Crippen LogP contribution is 2.28. The molecule has 28 heavy (non-hydrogen) atoms. The van der Waals surface area contributed by atoms with E-state index in [2.05, 4.69) is 14.9 Å². The largest absolute Gasteiger partial charge is 0.433 e. The van der Waals surface area contributed by atoms with Gasteiger partial charge in [0.05, 0.1) is 5.69 Å². The molecule has 1 aliphatic heterocycles. The fraction of sp³-hybridized carbons (Fsp3) is 0.250. The van der Waals surface area contributed by atoms with Gasteiger partial charge in [-0.2, -0.15) is 13.2 Å². The van der Waals surface area contributed by atoms with Crippen LogP contribution in [0.3, 0.4) is 0 Å². The molecule has 0 saturated carbocycles. The topological polar surface area (TPSA) is 41.9 Å². The fourth-order valence-electron chi connectivity index (χ4n) is 3.17. The average molecular weight is 405 g/mol. The minimum atomic E-state index is -4.42. The number of rotatable bonds is 3. The summed E-state index contributed by atoms with van der Waals surface area (Å²) in [5.41, 5.74) is 2.78. The van der Waals surface area contributed by atoms with Crippen LogP contribution in [0.1, 0.15) is 22.5 Å². The van der Waals surface area contributed by atoms with E-state index in [9.17, 15) is 13.2 Å². The third-order valence-corrected chi connectivity index (χ3v) is 4.90. The van der Waals surface area contributed by atoms with Crippen LogP contribution in [0.4, 0.5) is 13.2 Å². The molecule has 0 aliphatic carbocycles. The Balaban J connectivity index is 1.49. The summed E-state index contributed by atoms with van der Waals surface area (Å²) in [5, 5.41) is 0.651. The number of alkyl halides is 3. The van der Waals surface area contributed by atoms with E-state index in [1.54, 1.807) is 12.1 Å². The highest BCUT2D eigenvalue weighted by Gasteiger charge is 2.32. The normalized spacial score (nSPS) is 14.7. The zero-order valence-electron chi connectivity index (χ0n) is 14.7. The van der Waals surface area contributed by atoms with Crippen molar-refractivity contribution in [1.82, 2.24) is 19.9 Å². The lowest BCUT2D eigenvalue weighted by Crippen LogP contribution is -2.31. The molecular formula is C20H16ClF3N4. The van der Waals surface area contributed by atoms with Gasteiger partial charge in [-0.3, -0.25) is 9.88 Å². The van der Waals surface area contributed by atoms with Crippen molar-refractivity contribution < 1.29 is 13.2 Å². The zero-order chi connectivity index (χ0) is 19.7. The van der Waals surface area contributed by atoms with E-state index in [0.717, 1.165) is 41.4 Å². The SMILES string of the molecule is FC(F)(F)c1ccc(CN2CCc3cnc(-c4ccc(Cl)cc4)nc3C2)cn1. The Hall–Kier alpha value is -2.51. The van der Waals surface area contributed by atoms with E-state index in [0.29, 0.717) is 23.9 Å². The first-order valence-electron chi connectivity index (χ1n) is 8.74. The summed E-state index contributed by atoms with van der Waals surface area (Å²) in [6.45, 7) is 1.92. The van der Waals surface area contributed by atoms with Crippen LogP contribution < -0.4 is 0 Å². The van der Waals surface area contributed by atoms with Gasteiger partial charge in [-0.15, -0.1) is 0 Å². The number of nitrogens with zero attached hydrogens (tertiary/aromatic N) is 4. The maximum atomic E-state index is 12.6. The molecule has 3 heterocycles. The molecule has 0 unspecified atom stereocenters. The Morgan fingerprint density at radius 1 is 1.00 bits per heavy atom. The van der Waals surface area contributed by atoms with Crippen LogP contribution in [0.25, 0.3) is 11.4 Å². The van der Waals surface area contributed by atoms with Crippen molar-refractivity contribution in [1.29, 1.82) is 0 Å². The maximum absolute atomic E-state index is 12.6. The number of pyridine rings is 1. The predicted octanol–water partition coefficient (Wildman–Crippen LogP) is 4.77. The number of hydrogen-bond donors (Lipinski definition) is 0. The van der Waals surface area contributed by atoms with Gasteiger partial charge in [0, 0.05) is 42.6 Å². The summed E-state index contributed by atoms with van der Waals surface area (Å²) in [4.78, 5) is 14.8. The predicted molar refractivity (Wildman–Crippen MR) is 99.5 cm³/mol. The van der Waals surface area contributed by atoms with Gasteiger partial charge >= 0.3 is 6.18 Å². The molecule has 2 aromatic heterocycles. The summed E-state index contributed by atoms with van der Waals surface area (Å²) in [5.74, 6) is 0.633. The number of halogens is 4. The number of aromatic nitrogens is 3. The van der Waals surface area contributed by atoms with Crippen molar-refractivity contribution in [3.05, 3.63) is 76.3 Å². The summed E-state index contributed by atoms with van der Waals surface area (Å²) in [6.07, 6.45) is -0.484. The molecule has 3 aromatic rings. The van der Waals surface area contributed by atoms with Crippen molar-refractivity contribution in [2.75, 3.05) is 6.54 Å². The Morgan fingerprint density at radius 2 is 1.79 bits per heavy atom.